The van der Waals surface area contributed by atoms with E-state index in [2.05, 4.69) is 10.3 Å². The predicted octanol–water partition coefficient (Wildman–Crippen LogP) is 3.29. The van der Waals surface area contributed by atoms with Crippen molar-refractivity contribution in [1.82, 2.24) is 9.88 Å². The minimum atomic E-state index is -0.473. The minimum Gasteiger partial charge on any atom is -0.480 e. The number of ether oxygens (including phenoxy) is 2. The molecule has 0 saturated carbocycles. The first-order valence-electron chi connectivity index (χ1n) is 8.13. The molecule has 23 heavy (non-hydrogen) atoms. The third-order valence-corrected chi connectivity index (χ3v) is 3.75. The molecule has 2 heterocycles. The number of aromatic nitrogens is 1. The molecule has 1 amide bonds. The summed E-state index contributed by atoms with van der Waals surface area (Å²) < 4.78 is 10.8. The highest BCUT2D eigenvalue weighted by molar-refractivity contribution is 5.69. The summed E-state index contributed by atoms with van der Waals surface area (Å²) in [5, 5.41) is 3.34. The molecule has 1 atom stereocenters. The van der Waals surface area contributed by atoms with Gasteiger partial charge in [-0.1, -0.05) is 0 Å². The third kappa shape index (κ3) is 5.01. The van der Waals surface area contributed by atoms with Crippen LogP contribution < -0.4 is 10.1 Å². The average Bonchev–Trinajstić information content (AvgIpc) is 2.51. The number of rotatable bonds is 4. The monoisotopic (exact) mass is 321 g/mol. The first kappa shape index (κ1) is 17.4. The van der Waals surface area contributed by atoms with Crippen LogP contribution in [0.2, 0.25) is 0 Å². The molecule has 1 aliphatic rings. The van der Waals surface area contributed by atoms with Gasteiger partial charge in [0.2, 0.25) is 5.88 Å². The summed E-state index contributed by atoms with van der Waals surface area (Å²) in [7, 11) is 1.60. The second kappa shape index (κ2) is 7.53. The molecule has 0 bridgehead atoms. The van der Waals surface area contributed by atoms with Crippen molar-refractivity contribution in [2.24, 2.45) is 0 Å². The van der Waals surface area contributed by atoms with Gasteiger partial charge in [-0.3, -0.25) is 0 Å². The summed E-state index contributed by atoms with van der Waals surface area (Å²) in [4.78, 5) is 18.4. The van der Waals surface area contributed by atoms with E-state index in [1.807, 2.05) is 37.8 Å². The molecule has 0 aliphatic carbocycles. The van der Waals surface area contributed by atoms with Gasteiger partial charge in [0.15, 0.2) is 0 Å². The normalized spacial score (nSPS) is 18.4. The lowest BCUT2D eigenvalue weighted by Gasteiger charge is -2.37. The van der Waals surface area contributed by atoms with E-state index in [1.54, 1.807) is 13.3 Å². The highest BCUT2D eigenvalue weighted by Gasteiger charge is 2.30. The molecular formula is C17H27N3O3. The van der Waals surface area contributed by atoms with Gasteiger partial charge < -0.3 is 19.7 Å². The van der Waals surface area contributed by atoms with Crippen LogP contribution in [-0.4, -0.2) is 47.8 Å². The standard InChI is InChI=1S/C17H27N3O3/c1-17(2,3)23-16(21)20-11-6-5-8-13(20)12-19-14-9-7-10-18-15(14)22-4/h7,9-10,13,19H,5-6,8,11-12H2,1-4H3. The van der Waals surface area contributed by atoms with Gasteiger partial charge in [-0.2, -0.15) is 0 Å². The van der Waals surface area contributed by atoms with E-state index in [4.69, 9.17) is 9.47 Å². The van der Waals surface area contributed by atoms with E-state index in [0.29, 0.717) is 12.4 Å². The van der Waals surface area contributed by atoms with Crippen molar-refractivity contribution in [2.45, 2.75) is 51.7 Å². The topological polar surface area (TPSA) is 63.7 Å². The van der Waals surface area contributed by atoms with E-state index >= 15 is 0 Å². The molecule has 1 fully saturated rings. The van der Waals surface area contributed by atoms with Crippen molar-refractivity contribution in [3.05, 3.63) is 18.3 Å². The third-order valence-electron chi connectivity index (χ3n) is 3.75. The number of pyridine rings is 1. The number of piperidine rings is 1. The molecule has 1 saturated heterocycles. The first-order chi connectivity index (χ1) is 10.9. The van der Waals surface area contributed by atoms with Crippen LogP contribution >= 0.6 is 0 Å². The molecule has 0 aromatic carbocycles. The lowest BCUT2D eigenvalue weighted by atomic mass is 10.0. The summed E-state index contributed by atoms with van der Waals surface area (Å²) in [6, 6.07) is 3.90. The van der Waals surface area contributed by atoms with Gasteiger partial charge in [-0.25, -0.2) is 9.78 Å². The Morgan fingerprint density at radius 2 is 2.22 bits per heavy atom. The molecule has 2 rings (SSSR count). The number of methoxy groups -OCH3 is 1. The van der Waals surface area contributed by atoms with E-state index in [1.165, 1.54) is 0 Å². The highest BCUT2D eigenvalue weighted by atomic mass is 16.6. The fourth-order valence-electron chi connectivity index (χ4n) is 2.69. The van der Waals surface area contributed by atoms with Gasteiger partial charge in [0.05, 0.1) is 18.8 Å². The summed E-state index contributed by atoms with van der Waals surface area (Å²) >= 11 is 0. The molecule has 1 aromatic heterocycles. The molecule has 0 radical (unpaired) electrons. The number of amides is 1. The van der Waals surface area contributed by atoms with Gasteiger partial charge in [-0.05, 0) is 52.2 Å². The highest BCUT2D eigenvalue weighted by Crippen LogP contribution is 2.23. The van der Waals surface area contributed by atoms with E-state index in [0.717, 1.165) is 31.5 Å². The van der Waals surface area contributed by atoms with E-state index in [9.17, 15) is 4.79 Å². The number of nitrogens with zero attached hydrogens (tertiary/aromatic N) is 2. The second-order valence-corrected chi connectivity index (χ2v) is 6.76. The quantitative estimate of drug-likeness (QED) is 0.922. The van der Waals surface area contributed by atoms with Gasteiger partial charge >= 0.3 is 6.09 Å². The number of anilines is 1. The number of hydrogen-bond acceptors (Lipinski definition) is 5. The number of carbonyl (C=O) groups is 1. The van der Waals surface area contributed by atoms with Crippen molar-refractivity contribution in [2.75, 3.05) is 25.5 Å². The van der Waals surface area contributed by atoms with Crippen LogP contribution in [-0.2, 0) is 4.74 Å². The van der Waals surface area contributed by atoms with Crippen LogP contribution in [0.1, 0.15) is 40.0 Å². The van der Waals surface area contributed by atoms with Crippen molar-refractivity contribution in [1.29, 1.82) is 0 Å². The Morgan fingerprint density at radius 1 is 1.43 bits per heavy atom. The summed E-state index contributed by atoms with van der Waals surface area (Å²) in [6.45, 7) is 7.07. The van der Waals surface area contributed by atoms with Crippen molar-refractivity contribution < 1.29 is 14.3 Å². The molecule has 128 valence electrons. The zero-order chi connectivity index (χ0) is 16.9. The van der Waals surface area contributed by atoms with Crippen molar-refractivity contribution >= 4 is 11.8 Å². The van der Waals surface area contributed by atoms with E-state index < -0.39 is 5.60 Å². The van der Waals surface area contributed by atoms with Crippen LogP contribution in [0.25, 0.3) is 0 Å². The van der Waals surface area contributed by atoms with Gasteiger partial charge in [0.1, 0.15) is 5.60 Å². The van der Waals surface area contributed by atoms with Crippen LogP contribution in [0, 0.1) is 0 Å². The lowest BCUT2D eigenvalue weighted by molar-refractivity contribution is 0.0114. The van der Waals surface area contributed by atoms with Crippen LogP contribution in [0.15, 0.2) is 18.3 Å². The number of nitrogens with one attached hydrogen (secondary N) is 1. The Balaban J connectivity index is 2.00. The number of carbonyl (C=O) groups excluding carboxylic acids is 1. The van der Waals surface area contributed by atoms with Gasteiger partial charge in [0, 0.05) is 19.3 Å². The maximum absolute atomic E-state index is 12.4. The Kier molecular flexibility index (Phi) is 5.69. The van der Waals surface area contributed by atoms with Gasteiger partial charge in [-0.15, -0.1) is 0 Å². The zero-order valence-electron chi connectivity index (χ0n) is 14.5. The minimum absolute atomic E-state index is 0.114. The molecule has 1 unspecified atom stereocenters. The van der Waals surface area contributed by atoms with E-state index in [-0.39, 0.29) is 12.1 Å². The zero-order valence-corrected chi connectivity index (χ0v) is 14.5. The summed E-state index contributed by atoms with van der Waals surface area (Å²) in [6.07, 6.45) is 4.57. The van der Waals surface area contributed by atoms with Crippen molar-refractivity contribution in [3.63, 3.8) is 0 Å². The fourth-order valence-corrected chi connectivity index (χ4v) is 2.69. The maximum Gasteiger partial charge on any atom is 0.410 e. The van der Waals surface area contributed by atoms with Crippen LogP contribution in [0.4, 0.5) is 10.5 Å². The largest absolute Gasteiger partial charge is 0.480 e. The predicted molar refractivity (Wildman–Crippen MR) is 89.9 cm³/mol. The molecule has 0 spiro atoms. The summed E-state index contributed by atoms with van der Waals surface area (Å²) in [5.41, 5.74) is 0.365. The lowest BCUT2D eigenvalue weighted by Crippen LogP contribution is -2.48. The number of hydrogen-bond donors (Lipinski definition) is 1. The Bertz CT molecular complexity index is 528. The maximum atomic E-state index is 12.4. The summed E-state index contributed by atoms with van der Waals surface area (Å²) in [5.74, 6) is 0.562. The average molecular weight is 321 g/mol. The smallest absolute Gasteiger partial charge is 0.410 e. The molecule has 1 N–H and O–H groups in total. The fraction of sp³-hybridized carbons (Fsp3) is 0.647. The first-order valence-corrected chi connectivity index (χ1v) is 8.13. The second-order valence-electron chi connectivity index (χ2n) is 6.76. The molecule has 1 aliphatic heterocycles. The Hall–Kier alpha value is -1.98. The Morgan fingerprint density at radius 3 is 2.91 bits per heavy atom. The molecule has 6 heteroatoms. The SMILES string of the molecule is COc1ncccc1NCC1CCCCN1C(=O)OC(C)(C)C. The van der Waals surface area contributed by atoms with Gasteiger partial charge in [0.25, 0.3) is 0 Å². The van der Waals surface area contributed by atoms with Crippen molar-refractivity contribution in [3.8, 4) is 5.88 Å². The molecule has 6 nitrogen and oxygen atoms in total. The van der Waals surface area contributed by atoms with Crippen LogP contribution in [0.3, 0.4) is 0 Å². The number of likely N-dealkylation sites (tertiary alicyclic amines) is 1. The Labute approximate surface area is 138 Å². The molecule has 1 aromatic rings. The van der Waals surface area contributed by atoms with Crippen LogP contribution in [0.5, 0.6) is 5.88 Å². The molecular weight excluding hydrogens is 294 g/mol.